The second-order valence-electron chi connectivity index (χ2n) is 5.49. The van der Waals surface area contributed by atoms with Crippen LogP contribution in [0.4, 0.5) is 0 Å². The molecule has 0 radical (unpaired) electrons. The second kappa shape index (κ2) is 6.62. The summed E-state index contributed by atoms with van der Waals surface area (Å²) in [6.07, 6.45) is 0. The van der Waals surface area contributed by atoms with Crippen molar-refractivity contribution in [2.24, 2.45) is 0 Å². The van der Waals surface area contributed by atoms with Crippen molar-refractivity contribution >= 4 is 22.7 Å². The zero-order valence-electron chi connectivity index (χ0n) is 13.6. The van der Waals surface area contributed by atoms with Gasteiger partial charge in [0.05, 0.1) is 17.7 Å². The molecule has 0 amide bonds. The molecule has 0 saturated carbocycles. The Bertz CT molecular complexity index is 917. The molecule has 4 heteroatoms. The monoisotopic (exact) mass is 319 g/mol. The number of esters is 1. The van der Waals surface area contributed by atoms with Gasteiger partial charge < -0.3 is 4.74 Å². The van der Waals surface area contributed by atoms with Gasteiger partial charge in [0.15, 0.2) is 0 Å². The van der Waals surface area contributed by atoms with E-state index in [9.17, 15) is 9.59 Å². The number of nitrogens with zero attached hydrogens (tertiary/aromatic N) is 1. The SMILES string of the molecule is CCOC(=O)c1cc(C(=O)c2ccccc2)nc2ccc(C)cc12. The maximum absolute atomic E-state index is 12.7. The molecule has 0 N–H and O–H groups in total. The molecule has 1 heterocycles. The maximum Gasteiger partial charge on any atom is 0.338 e. The van der Waals surface area contributed by atoms with Gasteiger partial charge in [-0.2, -0.15) is 0 Å². The minimum Gasteiger partial charge on any atom is -0.462 e. The third-order valence-electron chi connectivity index (χ3n) is 3.73. The molecule has 0 spiro atoms. The van der Waals surface area contributed by atoms with E-state index < -0.39 is 5.97 Å². The molecule has 0 saturated heterocycles. The van der Waals surface area contributed by atoms with Gasteiger partial charge in [-0.1, -0.05) is 42.0 Å². The number of ketones is 1. The van der Waals surface area contributed by atoms with Crippen molar-refractivity contribution in [2.45, 2.75) is 13.8 Å². The van der Waals surface area contributed by atoms with Crippen LogP contribution in [-0.4, -0.2) is 23.3 Å². The minimum absolute atomic E-state index is 0.219. The summed E-state index contributed by atoms with van der Waals surface area (Å²) >= 11 is 0. The van der Waals surface area contributed by atoms with Crippen LogP contribution in [0.15, 0.2) is 54.6 Å². The van der Waals surface area contributed by atoms with E-state index in [1.165, 1.54) is 6.07 Å². The Kier molecular flexibility index (Phi) is 4.38. The van der Waals surface area contributed by atoms with Crippen LogP contribution < -0.4 is 0 Å². The van der Waals surface area contributed by atoms with E-state index >= 15 is 0 Å². The number of pyridine rings is 1. The first-order valence-corrected chi connectivity index (χ1v) is 7.78. The standard InChI is InChI=1S/C20H17NO3/c1-3-24-20(23)16-12-18(19(22)14-7-5-4-6-8-14)21-17-10-9-13(2)11-15(16)17/h4-12H,3H2,1-2H3. The van der Waals surface area contributed by atoms with Gasteiger partial charge in [-0.15, -0.1) is 0 Å². The van der Waals surface area contributed by atoms with Crippen LogP contribution in [0.2, 0.25) is 0 Å². The highest BCUT2D eigenvalue weighted by atomic mass is 16.5. The number of fused-ring (bicyclic) bond motifs is 1. The third kappa shape index (κ3) is 3.04. The minimum atomic E-state index is -0.447. The number of ether oxygens (including phenoxy) is 1. The summed E-state index contributed by atoms with van der Waals surface area (Å²) in [7, 11) is 0. The predicted molar refractivity (Wildman–Crippen MR) is 92.3 cm³/mol. The summed E-state index contributed by atoms with van der Waals surface area (Å²) in [6, 6.07) is 16.0. The lowest BCUT2D eigenvalue weighted by molar-refractivity contribution is 0.0528. The average molecular weight is 319 g/mol. The average Bonchev–Trinajstić information content (AvgIpc) is 2.61. The topological polar surface area (TPSA) is 56.3 Å². The quantitative estimate of drug-likeness (QED) is 0.540. The molecule has 0 aliphatic carbocycles. The van der Waals surface area contributed by atoms with Crippen molar-refractivity contribution in [1.29, 1.82) is 0 Å². The lowest BCUT2D eigenvalue weighted by Gasteiger charge is -2.09. The summed E-state index contributed by atoms with van der Waals surface area (Å²) in [5.41, 5.74) is 2.75. The molecule has 0 bridgehead atoms. The highest BCUT2D eigenvalue weighted by molar-refractivity contribution is 6.12. The summed E-state index contributed by atoms with van der Waals surface area (Å²) in [6.45, 7) is 3.97. The van der Waals surface area contributed by atoms with Crippen LogP contribution in [0.25, 0.3) is 10.9 Å². The molecule has 2 aromatic carbocycles. The highest BCUT2D eigenvalue weighted by Crippen LogP contribution is 2.22. The van der Waals surface area contributed by atoms with Crippen molar-refractivity contribution in [3.05, 3.63) is 77.0 Å². The lowest BCUT2D eigenvalue weighted by Crippen LogP contribution is -2.10. The Morgan fingerprint density at radius 3 is 2.50 bits per heavy atom. The van der Waals surface area contributed by atoms with Gasteiger partial charge >= 0.3 is 5.97 Å². The number of rotatable bonds is 4. The zero-order valence-corrected chi connectivity index (χ0v) is 13.6. The Hall–Kier alpha value is -3.01. The van der Waals surface area contributed by atoms with Crippen LogP contribution in [0, 0.1) is 6.92 Å². The first-order valence-electron chi connectivity index (χ1n) is 7.78. The van der Waals surface area contributed by atoms with Gasteiger partial charge in [0.2, 0.25) is 5.78 Å². The largest absolute Gasteiger partial charge is 0.462 e. The van der Waals surface area contributed by atoms with E-state index in [1.54, 1.807) is 31.2 Å². The van der Waals surface area contributed by atoms with Gasteiger partial charge in [-0.25, -0.2) is 9.78 Å². The van der Waals surface area contributed by atoms with Crippen molar-refractivity contribution in [3.8, 4) is 0 Å². The Labute approximate surface area is 140 Å². The number of hydrogen-bond donors (Lipinski definition) is 0. The van der Waals surface area contributed by atoms with Gasteiger partial charge in [0.25, 0.3) is 0 Å². The summed E-state index contributed by atoms with van der Waals surface area (Å²) < 4.78 is 5.14. The fraction of sp³-hybridized carbons (Fsp3) is 0.150. The van der Waals surface area contributed by atoms with Gasteiger partial charge in [-0.3, -0.25) is 4.79 Å². The number of benzene rings is 2. The molecule has 0 atom stereocenters. The van der Waals surface area contributed by atoms with E-state index in [4.69, 9.17) is 4.74 Å². The van der Waals surface area contributed by atoms with Crippen LogP contribution in [-0.2, 0) is 4.74 Å². The van der Waals surface area contributed by atoms with E-state index in [0.717, 1.165) is 5.56 Å². The fourth-order valence-electron chi connectivity index (χ4n) is 2.57. The molecular formula is C20H17NO3. The van der Waals surface area contributed by atoms with Crippen LogP contribution in [0.5, 0.6) is 0 Å². The zero-order chi connectivity index (χ0) is 17.1. The highest BCUT2D eigenvalue weighted by Gasteiger charge is 2.18. The van der Waals surface area contributed by atoms with E-state index in [2.05, 4.69) is 4.98 Å². The summed E-state index contributed by atoms with van der Waals surface area (Å²) in [5, 5.41) is 0.693. The molecule has 0 fully saturated rings. The third-order valence-corrected chi connectivity index (χ3v) is 3.73. The molecule has 3 rings (SSSR count). The second-order valence-corrected chi connectivity index (χ2v) is 5.49. The van der Waals surface area contributed by atoms with Crippen molar-refractivity contribution in [1.82, 2.24) is 4.98 Å². The molecule has 0 unspecified atom stereocenters. The lowest BCUT2D eigenvalue weighted by atomic mass is 10.0. The van der Waals surface area contributed by atoms with Gasteiger partial charge in [0.1, 0.15) is 5.69 Å². The predicted octanol–water partition coefficient (Wildman–Crippen LogP) is 3.95. The van der Waals surface area contributed by atoms with Crippen LogP contribution in [0.3, 0.4) is 0 Å². The molecule has 4 nitrogen and oxygen atoms in total. The van der Waals surface area contributed by atoms with Crippen LogP contribution >= 0.6 is 0 Å². The Morgan fingerprint density at radius 2 is 1.79 bits per heavy atom. The summed E-state index contributed by atoms with van der Waals surface area (Å²) in [5.74, 6) is -0.666. The first-order chi connectivity index (χ1) is 11.6. The van der Waals surface area contributed by atoms with Crippen molar-refractivity contribution < 1.29 is 14.3 Å². The molecular weight excluding hydrogens is 302 g/mol. The summed E-state index contributed by atoms with van der Waals surface area (Å²) in [4.78, 5) is 29.4. The molecule has 120 valence electrons. The molecule has 0 aliphatic heterocycles. The maximum atomic E-state index is 12.7. The van der Waals surface area contributed by atoms with Gasteiger partial charge in [0, 0.05) is 10.9 Å². The number of hydrogen-bond acceptors (Lipinski definition) is 4. The fourth-order valence-corrected chi connectivity index (χ4v) is 2.57. The molecule has 0 aliphatic rings. The van der Waals surface area contributed by atoms with E-state index in [0.29, 0.717) is 22.0 Å². The molecule has 24 heavy (non-hydrogen) atoms. The normalized spacial score (nSPS) is 10.6. The number of carbonyl (C=O) groups is 2. The van der Waals surface area contributed by atoms with Crippen molar-refractivity contribution in [3.63, 3.8) is 0 Å². The Balaban J connectivity index is 2.18. The smallest absolute Gasteiger partial charge is 0.338 e. The van der Waals surface area contributed by atoms with E-state index in [1.807, 2.05) is 31.2 Å². The van der Waals surface area contributed by atoms with Crippen LogP contribution in [0.1, 0.15) is 38.9 Å². The van der Waals surface area contributed by atoms with E-state index in [-0.39, 0.29) is 18.1 Å². The molecule has 1 aromatic heterocycles. The van der Waals surface area contributed by atoms with Crippen molar-refractivity contribution in [2.75, 3.05) is 6.61 Å². The molecule has 3 aromatic rings. The number of aryl methyl sites for hydroxylation is 1. The first kappa shape index (κ1) is 15.9. The number of aromatic nitrogens is 1. The Morgan fingerprint density at radius 1 is 1.04 bits per heavy atom. The van der Waals surface area contributed by atoms with Gasteiger partial charge in [-0.05, 0) is 32.0 Å². The number of carbonyl (C=O) groups excluding carboxylic acids is 2.